The maximum Gasteiger partial charge on any atom is 0.336 e. The van der Waals surface area contributed by atoms with Gasteiger partial charge in [-0.25, -0.2) is 4.79 Å². The molecule has 0 bridgehead atoms. The molecule has 9 nitrogen and oxygen atoms in total. The van der Waals surface area contributed by atoms with Crippen LogP contribution in [0.3, 0.4) is 0 Å². The average molecular weight is 612 g/mol. The van der Waals surface area contributed by atoms with Crippen LogP contribution >= 0.6 is 0 Å². The van der Waals surface area contributed by atoms with Crippen molar-refractivity contribution in [1.29, 1.82) is 0 Å². The number of para-hydroxylation sites is 1. The highest BCUT2D eigenvalue weighted by atomic mass is 16.6. The summed E-state index contributed by atoms with van der Waals surface area (Å²) in [6.07, 6.45) is 0.859. The molecule has 234 valence electrons. The second-order valence-corrected chi connectivity index (χ2v) is 10.8. The van der Waals surface area contributed by atoms with Crippen LogP contribution in [-0.2, 0) is 19.1 Å². The molecule has 1 N–H and O–H groups in total. The minimum absolute atomic E-state index is 0.0200. The molecule has 2 atom stereocenters. The van der Waals surface area contributed by atoms with Gasteiger partial charge in [0.1, 0.15) is 24.7 Å². The van der Waals surface area contributed by atoms with E-state index in [4.69, 9.17) is 23.7 Å². The molecule has 45 heavy (non-hydrogen) atoms. The molecule has 3 aromatic rings. The molecule has 0 fully saturated rings. The van der Waals surface area contributed by atoms with Gasteiger partial charge in [0.05, 0.1) is 19.3 Å². The number of rotatable bonds is 11. The summed E-state index contributed by atoms with van der Waals surface area (Å²) in [6, 6.07) is 22.1. The molecule has 5 rings (SSSR count). The number of carbonyl (C=O) groups is 3. The second kappa shape index (κ2) is 14.2. The molecule has 0 radical (unpaired) electrons. The zero-order valence-electron chi connectivity index (χ0n) is 25.9. The molecule has 0 unspecified atom stereocenters. The van der Waals surface area contributed by atoms with E-state index in [2.05, 4.69) is 5.32 Å². The lowest BCUT2D eigenvalue weighted by Gasteiger charge is -2.37. The van der Waals surface area contributed by atoms with Crippen molar-refractivity contribution in [2.75, 3.05) is 26.9 Å². The topological polar surface area (TPSA) is 109 Å². The lowest BCUT2D eigenvalue weighted by atomic mass is 9.71. The van der Waals surface area contributed by atoms with Crippen LogP contribution in [-0.4, -0.2) is 44.7 Å². The van der Waals surface area contributed by atoms with Crippen LogP contribution in [0, 0.1) is 0 Å². The van der Waals surface area contributed by atoms with Gasteiger partial charge < -0.3 is 29.0 Å². The van der Waals surface area contributed by atoms with E-state index in [1.165, 1.54) is 6.92 Å². The smallest absolute Gasteiger partial charge is 0.336 e. The SMILES string of the molecule is CCOc1cc([C@H]2C(C(=O)OCCOc3ccccc3)=C(C)NC3=C2C(=O)C[C@H](c2ccc(OC)cc2)C3)ccc1OC(C)=O. The second-order valence-electron chi connectivity index (χ2n) is 10.8. The van der Waals surface area contributed by atoms with E-state index in [1.54, 1.807) is 25.3 Å². The standard InChI is InChI=1S/C36H37NO8/c1-5-42-32-21-25(13-16-31(32)45-23(3)38)34-33(36(40)44-18-17-43-28-9-7-6-8-10-28)22(2)37-29-19-26(20-30(39)35(29)34)24-11-14-27(41-4)15-12-24/h6-16,21,26,34,37H,5,17-20H2,1-4H3/t26-,34+/m1/s1. The fourth-order valence-corrected chi connectivity index (χ4v) is 5.85. The van der Waals surface area contributed by atoms with Gasteiger partial charge in [0.2, 0.25) is 0 Å². The van der Waals surface area contributed by atoms with Crippen molar-refractivity contribution < 1.29 is 38.1 Å². The third kappa shape index (κ3) is 7.20. The Kier molecular flexibility index (Phi) is 9.87. The van der Waals surface area contributed by atoms with Crippen LogP contribution in [0.25, 0.3) is 0 Å². The molecule has 0 saturated carbocycles. The van der Waals surface area contributed by atoms with E-state index in [0.717, 1.165) is 17.0 Å². The number of nitrogens with one attached hydrogen (secondary N) is 1. The Morgan fingerprint density at radius 1 is 0.867 bits per heavy atom. The molecule has 1 aliphatic carbocycles. The first-order valence-electron chi connectivity index (χ1n) is 15.0. The highest BCUT2D eigenvalue weighted by molar-refractivity contribution is 6.04. The molecular weight excluding hydrogens is 574 g/mol. The van der Waals surface area contributed by atoms with Gasteiger partial charge in [-0.15, -0.1) is 0 Å². The summed E-state index contributed by atoms with van der Waals surface area (Å²) >= 11 is 0. The number of allylic oxidation sites excluding steroid dienone is 3. The first kappa shape index (κ1) is 31.4. The quantitative estimate of drug-likeness (QED) is 0.159. The van der Waals surface area contributed by atoms with E-state index < -0.39 is 17.9 Å². The third-order valence-corrected chi connectivity index (χ3v) is 7.82. The van der Waals surface area contributed by atoms with Crippen LogP contribution in [0.4, 0.5) is 0 Å². The molecule has 0 aromatic heterocycles. The normalized spacial score (nSPS) is 17.6. The van der Waals surface area contributed by atoms with Gasteiger partial charge in [-0.05, 0) is 73.7 Å². The first-order valence-corrected chi connectivity index (χ1v) is 15.0. The number of Topliss-reactive ketones (excluding diaryl/α,β-unsaturated/α-hetero) is 1. The van der Waals surface area contributed by atoms with Crippen molar-refractivity contribution in [2.24, 2.45) is 0 Å². The highest BCUT2D eigenvalue weighted by Crippen LogP contribution is 2.47. The summed E-state index contributed by atoms with van der Waals surface area (Å²) in [6.45, 7) is 5.46. The van der Waals surface area contributed by atoms with Gasteiger partial charge in [0, 0.05) is 36.2 Å². The summed E-state index contributed by atoms with van der Waals surface area (Å²) in [4.78, 5) is 39.5. The van der Waals surface area contributed by atoms with E-state index in [1.807, 2.05) is 68.4 Å². The van der Waals surface area contributed by atoms with Crippen molar-refractivity contribution in [3.05, 3.63) is 106 Å². The number of carbonyl (C=O) groups excluding carboxylic acids is 3. The van der Waals surface area contributed by atoms with Gasteiger partial charge in [-0.3, -0.25) is 9.59 Å². The van der Waals surface area contributed by atoms with Gasteiger partial charge in [0.15, 0.2) is 17.3 Å². The highest BCUT2D eigenvalue weighted by Gasteiger charge is 2.41. The number of hydrogen-bond donors (Lipinski definition) is 1. The summed E-state index contributed by atoms with van der Waals surface area (Å²) in [7, 11) is 1.62. The van der Waals surface area contributed by atoms with Crippen LogP contribution in [0.2, 0.25) is 0 Å². The van der Waals surface area contributed by atoms with Crippen LogP contribution in [0.15, 0.2) is 95.3 Å². The van der Waals surface area contributed by atoms with Gasteiger partial charge in [0.25, 0.3) is 0 Å². The maximum atomic E-state index is 14.0. The summed E-state index contributed by atoms with van der Waals surface area (Å²) in [5, 5.41) is 3.38. The van der Waals surface area contributed by atoms with Gasteiger partial charge in [-0.1, -0.05) is 36.4 Å². The molecule has 9 heteroatoms. The number of hydrogen-bond acceptors (Lipinski definition) is 9. The lowest BCUT2D eigenvalue weighted by molar-refractivity contribution is -0.140. The zero-order chi connectivity index (χ0) is 31.9. The number of ether oxygens (including phenoxy) is 5. The number of dihydropyridines is 1. The molecule has 0 saturated heterocycles. The predicted molar refractivity (Wildman–Crippen MR) is 167 cm³/mol. The van der Waals surface area contributed by atoms with Crippen molar-refractivity contribution in [3.8, 4) is 23.0 Å². The molecule has 0 spiro atoms. The Morgan fingerprint density at radius 3 is 2.29 bits per heavy atom. The Balaban J connectivity index is 1.48. The fourth-order valence-electron chi connectivity index (χ4n) is 5.85. The van der Waals surface area contributed by atoms with Crippen LogP contribution < -0.4 is 24.3 Å². The number of esters is 2. The Hall–Kier alpha value is -5.05. The summed E-state index contributed by atoms with van der Waals surface area (Å²) in [5.74, 6) is 0.139. The van der Waals surface area contributed by atoms with Crippen molar-refractivity contribution in [2.45, 2.75) is 45.4 Å². The Morgan fingerprint density at radius 2 is 1.60 bits per heavy atom. The molecule has 1 aliphatic heterocycles. The first-order chi connectivity index (χ1) is 21.8. The largest absolute Gasteiger partial charge is 0.497 e. The maximum absolute atomic E-state index is 14.0. The van der Waals surface area contributed by atoms with E-state index in [-0.39, 0.29) is 37.1 Å². The summed E-state index contributed by atoms with van der Waals surface area (Å²) in [5.41, 5.74) is 3.88. The molecule has 3 aromatic carbocycles. The van der Waals surface area contributed by atoms with Crippen molar-refractivity contribution in [3.63, 3.8) is 0 Å². The van der Waals surface area contributed by atoms with Gasteiger partial charge >= 0.3 is 11.9 Å². The average Bonchev–Trinajstić information content (AvgIpc) is 3.03. The van der Waals surface area contributed by atoms with Crippen LogP contribution in [0.5, 0.6) is 23.0 Å². The minimum atomic E-state index is -0.723. The number of benzene rings is 3. The lowest BCUT2D eigenvalue weighted by Crippen LogP contribution is -2.36. The monoisotopic (exact) mass is 611 g/mol. The van der Waals surface area contributed by atoms with E-state index in [9.17, 15) is 14.4 Å². The van der Waals surface area contributed by atoms with Gasteiger partial charge in [-0.2, -0.15) is 0 Å². The van der Waals surface area contributed by atoms with E-state index >= 15 is 0 Å². The fraction of sp³-hybridized carbons (Fsp3) is 0.306. The van der Waals surface area contributed by atoms with E-state index in [0.29, 0.717) is 46.9 Å². The van der Waals surface area contributed by atoms with Crippen molar-refractivity contribution >= 4 is 17.7 Å². The Bertz CT molecular complexity index is 1620. The van der Waals surface area contributed by atoms with Crippen LogP contribution in [0.1, 0.15) is 56.6 Å². The minimum Gasteiger partial charge on any atom is -0.497 e. The third-order valence-electron chi connectivity index (χ3n) is 7.82. The molecular formula is C36H37NO8. The predicted octanol–water partition coefficient (Wildman–Crippen LogP) is 6.00. The molecule has 1 heterocycles. The molecule has 0 amide bonds. The Labute approximate surface area is 262 Å². The zero-order valence-corrected chi connectivity index (χ0v) is 25.9. The molecule has 2 aliphatic rings. The summed E-state index contributed by atoms with van der Waals surface area (Å²) < 4.78 is 27.9. The number of methoxy groups -OCH3 is 1. The van der Waals surface area contributed by atoms with Crippen molar-refractivity contribution in [1.82, 2.24) is 5.32 Å². The number of ketones is 1.